The van der Waals surface area contributed by atoms with Crippen LogP contribution in [-0.2, 0) is 16.4 Å². The molecule has 0 amide bonds. The highest BCUT2D eigenvalue weighted by molar-refractivity contribution is 14.0. The SMILES string of the molecule is CCNC(=NCC(Cc1ccccc1)c1ccccc1)NCC1CCN(S(C)(=O)=O)C1.I. The Morgan fingerprint density at radius 3 is 2.34 bits per heavy atom. The van der Waals surface area contributed by atoms with Crippen molar-refractivity contribution >= 4 is 40.0 Å². The molecule has 1 saturated heterocycles. The maximum Gasteiger partial charge on any atom is 0.211 e. The van der Waals surface area contributed by atoms with Crippen LogP contribution in [0.2, 0.25) is 0 Å². The minimum absolute atomic E-state index is 0. The second-order valence-electron chi connectivity index (χ2n) is 8.17. The average Bonchev–Trinajstić information content (AvgIpc) is 3.26. The van der Waals surface area contributed by atoms with Crippen LogP contribution in [0.5, 0.6) is 0 Å². The fraction of sp³-hybridized carbons (Fsp3) is 0.458. The van der Waals surface area contributed by atoms with Crippen LogP contribution in [0.4, 0.5) is 0 Å². The summed E-state index contributed by atoms with van der Waals surface area (Å²) < 4.78 is 25.1. The number of hydrogen-bond donors (Lipinski definition) is 2. The lowest BCUT2D eigenvalue weighted by Gasteiger charge is -2.19. The Labute approximate surface area is 210 Å². The van der Waals surface area contributed by atoms with Crippen LogP contribution in [-0.4, -0.2) is 57.7 Å². The Hall–Kier alpha value is -1.65. The molecule has 8 heteroatoms. The number of nitrogens with one attached hydrogen (secondary N) is 2. The van der Waals surface area contributed by atoms with Crippen molar-refractivity contribution in [3.05, 3.63) is 71.8 Å². The first-order chi connectivity index (χ1) is 15.0. The standard InChI is InChI=1S/C24H34N4O2S.HI/c1-3-25-24(26-17-21-14-15-28(19-21)31(2,29)30)27-18-23(22-12-8-5-9-13-22)16-20-10-6-4-7-11-20;/h4-13,21,23H,3,14-19H2,1-2H3,(H2,25,26,27);1H. The minimum Gasteiger partial charge on any atom is -0.357 e. The molecule has 176 valence electrons. The van der Waals surface area contributed by atoms with E-state index in [2.05, 4.69) is 66.1 Å². The van der Waals surface area contributed by atoms with E-state index in [1.165, 1.54) is 17.4 Å². The lowest BCUT2D eigenvalue weighted by molar-refractivity contribution is 0.458. The van der Waals surface area contributed by atoms with Crippen LogP contribution in [0.25, 0.3) is 0 Å². The van der Waals surface area contributed by atoms with Gasteiger partial charge in [0.05, 0.1) is 6.26 Å². The predicted molar refractivity (Wildman–Crippen MR) is 143 cm³/mol. The fourth-order valence-corrected chi connectivity index (χ4v) is 4.88. The highest BCUT2D eigenvalue weighted by atomic mass is 127. The monoisotopic (exact) mass is 570 g/mol. The summed E-state index contributed by atoms with van der Waals surface area (Å²) in [5, 5.41) is 6.75. The molecule has 3 rings (SSSR count). The molecule has 2 atom stereocenters. The number of nitrogens with zero attached hydrogens (tertiary/aromatic N) is 2. The van der Waals surface area contributed by atoms with Crippen LogP contribution in [0.3, 0.4) is 0 Å². The molecule has 2 unspecified atom stereocenters. The van der Waals surface area contributed by atoms with E-state index in [0.29, 0.717) is 32.1 Å². The summed E-state index contributed by atoms with van der Waals surface area (Å²) in [5.41, 5.74) is 2.59. The number of rotatable bonds is 9. The molecule has 0 spiro atoms. The number of sulfonamides is 1. The second-order valence-corrected chi connectivity index (χ2v) is 10.2. The Morgan fingerprint density at radius 2 is 1.75 bits per heavy atom. The summed E-state index contributed by atoms with van der Waals surface area (Å²) in [6, 6.07) is 21.1. The fourth-order valence-electron chi connectivity index (χ4n) is 3.96. The molecule has 0 aliphatic carbocycles. The number of guanidine groups is 1. The Morgan fingerprint density at radius 1 is 1.09 bits per heavy atom. The van der Waals surface area contributed by atoms with Crippen molar-refractivity contribution in [3.63, 3.8) is 0 Å². The van der Waals surface area contributed by atoms with Crippen molar-refractivity contribution in [1.29, 1.82) is 0 Å². The molecule has 0 bridgehead atoms. The van der Waals surface area contributed by atoms with Gasteiger partial charge in [-0.05, 0) is 36.8 Å². The predicted octanol–water partition coefficient (Wildman–Crippen LogP) is 3.47. The van der Waals surface area contributed by atoms with Gasteiger partial charge >= 0.3 is 0 Å². The molecule has 1 aliphatic rings. The molecule has 1 heterocycles. The highest BCUT2D eigenvalue weighted by Gasteiger charge is 2.28. The van der Waals surface area contributed by atoms with E-state index in [-0.39, 0.29) is 29.9 Å². The molecule has 0 saturated carbocycles. The normalized spacial score (nSPS) is 18.1. The number of hydrogen-bond acceptors (Lipinski definition) is 3. The van der Waals surface area contributed by atoms with Crippen LogP contribution in [0.15, 0.2) is 65.7 Å². The van der Waals surface area contributed by atoms with Crippen LogP contribution < -0.4 is 10.6 Å². The number of halogens is 1. The molecule has 2 aromatic rings. The summed E-state index contributed by atoms with van der Waals surface area (Å²) in [5.74, 6) is 1.37. The molecule has 1 aliphatic heterocycles. The maximum absolute atomic E-state index is 11.8. The number of benzene rings is 2. The van der Waals surface area contributed by atoms with Gasteiger partial charge in [0.15, 0.2) is 5.96 Å². The topological polar surface area (TPSA) is 73.8 Å². The molecule has 2 N–H and O–H groups in total. The van der Waals surface area contributed by atoms with E-state index >= 15 is 0 Å². The van der Waals surface area contributed by atoms with Crippen molar-refractivity contribution in [2.45, 2.75) is 25.7 Å². The third kappa shape index (κ3) is 8.37. The molecule has 2 aromatic carbocycles. The first-order valence-corrected chi connectivity index (χ1v) is 12.9. The van der Waals surface area contributed by atoms with Crippen LogP contribution in [0.1, 0.15) is 30.4 Å². The summed E-state index contributed by atoms with van der Waals surface area (Å²) in [4.78, 5) is 4.88. The minimum atomic E-state index is -3.11. The van der Waals surface area contributed by atoms with Crippen molar-refractivity contribution in [2.75, 3.05) is 39.0 Å². The first kappa shape index (κ1) is 26.6. The van der Waals surface area contributed by atoms with Gasteiger partial charge in [-0.1, -0.05) is 60.7 Å². The van der Waals surface area contributed by atoms with Gasteiger partial charge in [0, 0.05) is 38.6 Å². The molecule has 0 aromatic heterocycles. The van der Waals surface area contributed by atoms with Gasteiger partial charge in [0.2, 0.25) is 10.0 Å². The maximum atomic E-state index is 11.8. The quantitative estimate of drug-likeness (QED) is 0.275. The van der Waals surface area contributed by atoms with E-state index in [1.807, 2.05) is 12.1 Å². The van der Waals surface area contributed by atoms with Crippen LogP contribution >= 0.6 is 24.0 Å². The molecule has 0 radical (unpaired) electrons. The largest absolute Gasteiger partial charge is 0.357 e. The van der Waals surface area contributed by atoms with Gasteiger partial charge in [-0.2, -0.15) is 0 Å². The average molecular weight is 571 g/mol. The van der Waals surface area contributed by atoms with Crippen molar-refractivity contribution < 1.29 is 8.42 Å². The Kier molecular flexibility index (Phi) is 10.9. The van der Waals surface area contributed by atoms with Gasteiger partial charge in [0.25, 0.3) is 0 Å². The zero-order valence-corrected chi connectivity index (χ0v) is 22.1. The van der Waals surface area contributed by atoms with E-state index in [1.54, 1.807) is 4.31 Å². The summed E-state index contributed by atoms with van der Waals surface area (Å²) >= 11 is 0. The summed E-state index contributed by atoms with van der Waals surface area (Å²) in [6.45, 7) is 5.40. The van der Waals surface area contributed by atoms with E-state index in [9.17, 15) is 8.42 Å². The smallest absolute Gasteiger partial charge is 0.211 e. The van der Waals surface area contributed by atoms with Gasteiger partial charge in [-0.25, -0.2) is 12.7 Å². The Balaban J connectivity index is 0.00000363. The van der Waals surface area contributed by atoms with Crippen molar-refractivity contribution in [2.24, 2.45) is 10.9 Å². The summed E-state index contributed by atoms with van der Waals surface area (Å²) in [6.07, 6.45) is 3.09. The van der Waals surface area contributed by atoms with E-state index in [4.69, 9.17) is 4.99 Å². The van der Waals surface area contributed by atoms with Crippen molar-refractivity contribution in [1.82, 2.24) is 14.9 Å². The van der Waals surface area contributed by atoms with Gasteiger partial charge in [-0.3, -0.25) is 4.99 Å². The lowest BCUT2D eigenvalue weighted by Crippen LogP contribution is -2.40. The Bertz CT molecular complexity index is 939. The van der Waals surface area contributed by atoms with Gasteiger partial charge in [0.1, 0.15) is 0 Å². The van der Waals surface area contributed by atoms with Gasteiger partial charge in [-0.15, -0.1) is 24.0 Å². The molecule has 32 heavy (non-hydrogen) atoms. The molecule has 1 fully saturated rings. The molecule has 6 nitrogen and oxygen atoms in total. The second kappa shape index (κ2) is 13.2. The zero-order valence-electron chi connectivity index (χ0n) is 18.9. The van der Waals surface area contributed by atoms with E-state index in [0.717, 1.165) is 25.3 Å². The zero-order chi connectivity index (χ0) is 22.1. The molecular weight excluding hydrogens is 535 g/mol. The highest BCUT2D eigenvalue weighted by Crippen LogP contribution is 2.22. The molecular formula is C24H35IN4O2S. The van der Waals surface area contributed by atoms with Gasteiger partial charge < -0.3 is 10.6 Å². The summed E-state index contributed by atoms with van der Waals surface area (Å²) in [7, 11) is -3.11. The van der Waals surface area contributed by atoms with Crippen LogP contribution in [0, 0.1) is 5.92 Å². The first-order valence-electron chi connectivity index (χ1n) is 11.0. The van der Waals surface area contributed by atoms with Crippen molar-refractivity contribution in [3.8, 4) is 0 Å². The van der Waals surface area contributed by atoms with E-state index < -0.39 is 10.0 Å². The number of aliphatic imine (C=N–C) groups is 1. The third-order valence-corrected chi connectivity index (χ3v) is 6.96. The lowest BCUT2D eigenvalue weighted by atomic mass is 9.92. The third-order valence-electron chi connectivity index (χ3n) is 5.69.